The Morgan fingerprint density at radius 2 is 1.26 bits per heavy atom. The largest absolute Gasteiger partial charge is 0.434 e. The van der Waals surface area contributed by atoms with Gasteiger partial charge < -0.3 is 14.2 Å². The van der Waals surface area contributed by atoms with E-state index in [-0.39, 0.29) is 17.9 Å². The van der Waals surface area contributed by atoms with Crippen LogP contribution in [0.15, 0.2) is 96.5 Å². The number of esters is 3. The van der Waals surface area contributed by atoms with E-state index in [0.29, 0.717) is 17.1 Å². The fourth-order valence-corrected chi connectivity index (χ4v) is 3.44. The van der Waals surface area contributed by atoms with Crippen LogP contribution in [0, 0.1) is 16.2 Å². The molecule has 0 aliphatic rings. The van der Waals surface area contributed by atoms with Crippen molar-refractivity contribution in [3.05, 3.63) is 102 Å². The number of hydrogen-bond acceptors (Lipinski definition) is 6. The van der Waals surface area contributed by atoms with Crippen molar-refractivity contribution in [2.24, 2.45) is 16.2 Å². The van der Waals surface area contributed by atoms with Gasteiger partial charge in [-0.1, -0.05) is 43.0 Å². The summed E-state index contributed by atoms with van der Waals surface area (Å²) in [6.45, 7) is 26.3. The van der Waals surface area contributed by atoms with Gasteiger partial charge in [-0.05, 0) is 130 Å². The van der Waals surface area contributed by atoms with Crippen molar-refractivity contribution < 1.29 is 28.6 Å². The average molecular weight is 591 g/mol. The van der Waals surface area contributed by atoms with E-state index in [2.05, 4.69) is 6.58 Å². The van der Waals surface area contributed by atoms with Gasteiger partial charge in [0, 0.05) is 5.41 Å². The summed E-state index contributed by atoms with van der Waals surface area (Å²) in [7, 11) is 0. The predicted octanol–water partition coefficient (Wildman–Crippen LogP) is 9.11. The van der Waals surface area contributed by atoms with Gasteiger partial charge in [0.25, 0.3) is 0 Å². The number of carbonyl (C=O) groups is 3. The van der Waals surface area contributed by atoms with Crippen LogP contribution in [0.3, 0.4) is 0 Å². The third-order valence-corrected chi connectivity index (χ3v) is 6.52. The highest BCUT2D eigenvalue weighted by molar-refractivity contribution is 5.78. The summed E-state index contributed by atoms with van der Waals surface area (Å²) in [5.41, 5.74) is -0.304. The molecule has 43 heavy (non-hydrogen) atoms. The molecule has 0 aromatic heterocycles. The SMILES string of the molecule is C=C(/C=C\C(=CC)OC(=O)C(C)(C)C)[C@@](C)(C(/C=C\C)=C/C=C/OC(=O)C(C)(C)C)c1ccc(OC(=O)C(C)(C)C)cc1. The maximum absolute atomic E-state index is 12.5. The van der Waals surface area contributed by atoms with Gasteiger partial charge in [-0.2, -0.15) is 0 Å². The number of rotatable bonds is 10. The topological polar surface area (TPSA) is 78.9 Å². The first-order chi connectivity index (χ1) is 19.7. The molecule has 234 valence electrons. The van der Waals surface area contributed by atoms with E-state index < -0.39 is 21.7 Å². The fourth-order valence-electron chi connectivity index (χ4n) is 3.44. The molecule has 1 aromatic rings. The van der Waals surface area contributed by atoms with Crippen molar-refractivity contribution in [3.63, 3.8) is 0 Å². The van der Waals surface area contributed by atoms with Crippen LogP contribution in [-0.4, -0.2) is 17.9 Å². The number of hydrogen-bond donors (Lipinski definition) is 0. The van der Waals surface area contributed by atoms with Crippen LogP contribution in [0.1, 0.15) is 88.6 Å². The molecule has 0 fully saturated rings. The van der Waals surface area contributed by atoms with Crippen molar-refractivity contribution in [3.8, 4) is 5.75 Å². The number of allylic oxidation sites excluding steroid dienone is 9. The molecular weight excluding hydrogens is 540 g/mol. The Kier molecular flexibility index (Phi) is 12.9. The maximum Gasteiger partial charge on any atom is 0.316 e. The van der Waals surface area contributed by atoms with E-state index in [9.17, 15) is 14.4 Å². The van der Waals surface area contributed by atoms with Crippen LogP contribution in [-0.2, 0) is 29.3 Å². The maximum atomic E-state index is 12.5. The van der Waals surface area contributed by atoms with E-state index >= 15 is 0 Å². The third kappa shape index (κ3) is 11.0. The standard InChI is InChI=1S/C37H50O6/c1-14-17-27(18-16-25-41-31(38)34(4,5)6)37(13,26(3)19-22-29(15-2)42-32(39)35(7,8)9)28-20-23-30(24-21-28)43-33(40)36(10,11)12/h14-25H,3H2,1-2,4-13H3/b17-14-,22-19-,25-16+,27-18+,29-15?/t37-/m0/s1. The van der Waals surface area contributed by atoms with Crippen LogP contribution < -0.4 is 4.74 Å². The van der Waals surface area contributed by atoms with E-state index in [0.717, 1.165) is 11.1 Å². The zero-order chi connectivity index (χ0) is 33.2. The summed E-state index contributed by atoms with van der Waals surface area (Å²) in [5.74, 6) is -0.183. The summed E-state index contributed by atoms with van der Waals surface area (Å²) in [6.07, 6.45) is 14.0. The number of ether oxygens (including phenoxy) is 3. The molecular formula is C37H50O6. The Labute approximate surface area is 258 Å². The lowest BCUT2D eigenvalue weighted by atomic mass is 9.70. The Bertz CT molecular complexity index is 1310. The molecule has 0 radical (unpaired) electrons. The first kappa shape index (κ1) is 37.1. The molecule has 0 saturated heterocycles. The molecule has 0 amide bonds. The minimum absolute atomic E-state index is 0.330. The number of benzene rings is 1. The highest BCUT2D eigenvalue weighted by Gasteiger charge is 2.33. The lowest BCUT2D eigenvalue weighted by Crippen LogP contribution is -2.27. The summed E-state index contributed by atoms with van der Waals surface area (Å²) in [6, 6.07) is 7.29. The quantitative estimate of drug-likeness (QED) is 0.117. The van der Waals surface area contributed by atoms with Gasteiger partial charge in [-0.3, -0.25) is 14.4 Å². The minimum Gasteiger partial charge on any atom is -0.434 e. The molecule has 0 N–H and O–H groups in total. The lowest BCUT2D eigenvalue weighted by molar-refractivity contribution is -0.148. The van der Waals surface area contributed by atoms with Crippen molar-refractivity contribution >= 4 is 17.9 Å². The molecule has 0 spiro atoms. The Hall–Kier alpha value is -3.93. The van der Waals surface area contributed by atoms with Crippen LogP contribution in [0.2, 0.25) is 0 Å². The summed E-state index contributed by atoms with van der Waals surface area (Å²) in [5, 5.41) is 0. The van der Waals surface area contributed by atoms with Crippen molar-refractivity contribution in [2.45, 2.75) is 88.5 Å². The van der Waals surface area contributed by atoms with Crippen LogP contribution in [0.4, 0.5) is 0 Å². The predicted molar refractivity (Wildman–Crippen MR) is 174 cm³/mol. The van der Waals surface area contributed by atoms with E-state index in [1.54, 1.807) is 99.6 Å². The lowest BCUT2D eigenvalue weighted by Gasteiger charge is -2.33. The Morgan fingerprint density at radius 3 is 1.72 bits per heavy atom. The van der Waals surface area contributed by atoms with E-state index in [1.165, 1.54) is 6.26 Å². The van der Waals surface area contributed by atoms with E-state index in [4.69, 9.17) is 14.2 Å². The molecule has 0 bridgehead atoms. The van der Waals surface area contributed by atoms with Gasteiger partial charge >= 0.3 is 17.9 Å². The Balaban J connectivity index is 3.63. The molecule has 0 unspecified atom stereocenters. The van der Waals surface area contributed by atoms with Crippen molar-refractivity contribution in [1.29, 1.82) is 0 Å². The molecule has 1 rings (SSSR count). The van der Waals surface area contributed by atoms with Crippen LogP contribution in [0.5, 0.6) is 5.75 Å². The minimum atomic E-state index is -0.791. The normalized spacial score (nSPS) is 15.1. The molecule has 0 heterocycles. The summed E-state index contributed by atoms with van der Waals surface area (Å²) < 4.78 is 16.5. The van der Waals surface area contributed by atoms with E-state index in [1.807, 2.05) is 50.3 Å². The second-order valence-electron chi connectivity index (χ2n) is 13.6. The monoisotopic (exact) mass is 590 g/mol. The summed E-state index contributed by atoms with van der Waals surface area (Å²) >= 11 is 0. The molecule has 6 heteroatoms. The highest BCUT2D eigenvalue weighted by Crippen LogP contribution is 2.41. The van der Waals surface area contributed by atoms with Gasteiger partial charge in [-0.25, -0.2) is 0 Å². The number of carbonyl (C=O) groups excluding carboxylic acids is 3. The molecule has 6 nitrogen and oxygen atoms in total. The summed E-state index contributed by atoms with van der Waals surface area (Å²) in [4.78, 5) is 37.2. The zero-order valence-electron chi connectivity index (χ0n) is 28.1. The second kappa shape index (κ2) is 15.0. The highest BCUT2D eigenvalue weighted by atomic mass is 16.5. The van der Waals surface area contributed by atoms with Gasteiger partial charge in [0.15, 0.2) is 0 Å². The van der Waals surface area contributed by atoms with Gasteiger partial charge in [0.05, 0.1) is 22.5 Å². The van der Waals surface area contributed by atoms with Gasteiger partial charge in [-0.15, -0.1) is 0 Å². The molecule has 1 atom stereocenters. The Morgan fingerprint density at radius 1 is 0.721 bits per heavy atom. The fraction of sp³-hybridized carbons (Fsp3) is 0.432. The first-order valence-electron chi connectivity index (χ1n) is 14.5. The molecule has 0 aliphatic heterocycles. The molecule has 0 saturated carbocycles. The zero-order valence-corrected chi connectivity index (χ0v) is 28.1. The van der Waals surface area contributed by atoms with Crippen LogP contribution in [0.25, 0.3) is 0 Å². The van der Waals surface area contributed by atoms with Gasteiger partial charge in [0.1, 0.15) is 11.5 Å². The molecule has 1 aromatic carbocycles. The molecule has 0 aliphatic carbocycles. The van der Waals surface area contributed by atoms with Crippen molar-refractivity contribution in [2.75, 3.05) is 0 Å². The smallest absolute Gasteiger partial charge is 0.316 e. The second-order valence-corrected chi connectivity index (χ2v) is 13.6. The van der Waals surface area contributed by atoms with Gasteiger partial charge in [0.2, 0.25) is 0 Å². The van der Waals surface area contributed by atoms with Crippen molar-refractivity contribution in [1.82, 2.24) is 0 Å². The average Bonchev–Trinajstić information content (AvgIpc) is 2.90. The van der Waals surface area contributed by atoms with Crippen LogP contribution >= 0.6 is 0 Å². The third-order valence-electron chi connectivity index (χ3n) is 6.52. The first-order valence-corrected chi connectivity index (χ1v) is 14.5.